The number of nitrogens with one attached hydrogen (secondary N) is 1. The summed E-state index contributed by atoms with van der Waals surface area (Å²) >= 11 is 3.40. The number of nitrogens with zero attached hydrogens (tertiary/aromatic N) is 6. The highest BCUT2D eigenvalue weighted by Gasteiger charge is 2.51. The van der Waals surface area contributed by atoms with Gasteiger partial charge in [-0.2, -0.15) is 0 Å². The molecule has 0 spiro atoms. The Balaban J connectivity index is 1.81. The van der Waals surface area contributed by atoms with Gasteiger partial charge in [0.05, 0.1) is 12.1 Å². The van der Waals surface area contributed by atoms with Gasteiger partial charge < -0.3 is 10.1 Å². The minimum absolute atomic E-state index is 0.134. The number of urea groups is 1. The largest absolute Gasteiger partial charge is 0.493 e. The van der Waals surface area contributed by atoms with Crippen LogP contribution in [0.5, 0.6) is 5.88 Å². The van der Waals surface area contributed by atoms with Crippen LogP contribution in [-0.2, 0) is 4.79 Å². The molecule has 1 saturated heterocycles. The number of carbonyl (C=O) groups excluding carboxylic acids is 2. The predicted molar refractivity (Wildman–Crippen MR) is 114 cm³/mol. The molecule has 11 heteroatoms. The van der Waals surface area contributed by atoms with Crippen molar-refractivity contribution in [2.75, 3.05) is 20.6 Å². The van der Waals surface area contributed by atoms with Crippen LogP contribution >= 0.6 is 15.9 Å². The number of likely N-dealkylation sites (N-methyl/N-ethyl adjacent to an activating group) is 2. The molecular formula is C19H19BrN7O3+. The fourth-order valence-electron chi connectivity index (χ4n) is 3.45. The molecule has 2 aromatic rings. The lowest BCUT2D eigenvalue weighted by atomic mass is 10.1. The third kappa shape index (κ3) is 3.11. The molecule has 30 heavy (non-hydrogen) atoms. The second kappa shape index (κ2) is 7.17. The third-order valence-electron chi connectivity index (χ3n) is 4.90. The minimum Gasteiger partial charge on any atom is -0.493 e. The Morgan fingerprint density at radius 3 is 2.77 bits per heavy atom. The first kappa shape index (κ1) is 20.0. The highest BCUT2D eigenvalue weighted by atomic mass is 79.9. The predicted octanol–water partition coefficient (Wildman–Crippen LogP) is 2.97. The number of halogens is 1. The van der Waals surface area contributed by atoms with E-state index in [1.54, 1.807) is 17.7 Å². The summed E-state index contributed by atoms with van der Waals surface area (Å²) in [4.78, 5) is 34.7. The van der Waals surface area contributed by atoms with Crippen LogP contribution in [0.2, 0.25) is 0 Å². The molecule has 1 atom stereocenters. The van der Waals surface area contributed by atoms with Crippen LogP contribution in [0.25, 0.3) is 10.9 Å². The number of rotatable bonds is 3. The smallest absolute Gasteiger partial charge is 0.454 e. The molecule has 154 valence electrons. The number of aromatic hydroxyl groups is 1. The summed E-state index contributed by atoms with van der Waals surface area (Å²) in [5.41, 5.74) is 1.73. The van der Waals surface area contributed by atoms with Gasteiger partial charge >= 0.3 is 12.0 Å². The monoisotopic (exact) mass is 472 g/mol. The summed E-state index contributed by atoms with van der Waals surface area (Å²) in [5.74, 6) is -0.0958. The zero-order valence-corrected chi connectivity index (χ0v) is 18.1. The number of imide groups is 1. The highest BCUT2D eigenvalue weighted by molar-refractivity contribution is 9.10. The van der Waals surface area contributed by atoms with Crippen molar-refractivity contribution >= 4 is 56.3 Å². The van der Waals surface area contributed by atoms with E-state index in [0.29, 0.717) is 17.4 Å². The van der Waals surface area contributed by atoms with Crippen molar-refractivity contribution in [1.82, 2.24) is 14.8 Å². The molecule has 0 radical (unpaired) electrons. The van der Waals surface area contributed by atoms with Crippen LogP contribution in [0, 0.1) is 0 Å². The Morgan fingerprint density at radius 1 is 1.33 bits per heavy atom. The zero-order valence-electron chi connectivity index (χ0n) is 16.5. The molecule has 2 aliphatic rings. The number of aromatic amines is 1. The van der Waals surface area contributed by atoms with Gasteiger partial charge in [-0.05, 0) is 35.7 Å². The Morgan fingerprint density at radius 2 is 2.07 bits per heavy atom. The van der Waals surface area contributed by atoms with Crippen molar-refractivity contribution in [3.63, 3.8) is 0 Å². The third-order valence-corrected chi connectivity index (χ3v) is 5.40. The van der Waals surface area contributed by atoms with E-state index in [4.69, 9.17) is 0 Å². The average Bonchev–Trinajstić information content (AvgIpc) is 3.19. The lowest BCUT2D eigenvalue weighted by Crippen LogP contribution is -2.61. The number of amidine groups is 1. The second-order valence-electron chi connectivity index (χ2n) is 7.21. The van der Waals surface area contributed by atoms with Crippen LogP contribution in [-0.4, -0.2) is 74.9 Å². The number of aromatic nitrogens is 1. The molecule has 0 saturated carbocycles. The van der Waals surface area contributed by atoms with Crippen molar-refractivity contribution in [3.8, 4) is 5.88 Å². The molecule has 1 unspecified atom stereocenters. The average molecular weight is 473 g/mol. The number of carbonyl (C=O) groups is 2. The normalized spacial score (nSPS) is 19.3. The molecule has 0 bridgehead atoms. The van der Waals surface area contributed by atoms with E-state index in [0.717, 1.165) is 14.9 Å². The summed E-state index contributed by atoms with van der Waals surface area (Å²) in [6.07, 6.45) is 0. The summed E-state index contributed by atoms with van der Waals surface area (Å²) in [5, 5.41) is 19.3. The summed E-state index contributed by atoms with van der Waals surface area (Å²) in [6, 6.07) is 4.18. The van der Waals surface area contributed by atoms with E-state index < -0.39 is 18.0 Å². The maximum Gasteiger partial charge on any atom is 0.454 e. The van der Waals surface area contributed by atoms with Gasteiger partial charge in [0.1, 0.15) is 0 Å². The van der Waals surface area contributed by atoms with E-state index in [1.807, 2.05) is 19.1 Å². The van der Waals surface area contributed by atoms with Crippen LogP contribution in [0.4, 0.5) is 10.5 Å². The SMILES string of the molecule is C=C(C)C[N+]1=C(N=Nc2c(O)[nH]c3ccc(Br)cc23)N=C2C1C(=O)N(C)C(=O)N2C. The van der Waals surface area contributed by atoms with E-state index in [-0.39, 0.29) is 23.4 Å². The number of azo groups is 1. The summed E-state index contributed by atoms with van der Waals surface area (Å²) in [7, 11) is 2.98. The molecule has 2 aliphatic heterocycles. The van der Waals surface area contributed by atoms with Gasteiger partial charge in [0.15, 0.2) is 5.69 Å². The molecule has 3 amide bonds. The van der Waals surface area contributed by atoms with Crippen LogP contribution in [0.3, 0.4) is 0 Å². The Hall–Kier alpha value is -3.34. The first-order valence-corrected chi connectivity index (χ1v) is 9.82. The maximum absolute atomic E-state index is 12.8. The van der Waals surface area contributed by atoms with Gasteiger partial charge in [0.25, 0.3) is 5.91 Å². The van der Waals surface area contributed by atoms with Crippen molar-refractivity contribution in [1.29, 1.82) is 0 Å². The first-order chi connectivity index (χ1) is 14.2. The van der Waals surface area contributed by atoms with E-state index in [1.165, 1.54) is 11.9 Å². The fourth-order valence-corrected chi connectivity index (χ4v) is 3.81. The number of aliphatic imine (C=N–C) groups is 1. The molecular weight excluding hydrogens is 454 g/mol. The molecule has 0 aliphatic carbocycles. The lowest BCUT2D eigenvalue weighted by Gasteiger charge is -2.31. The number of hydrogen-bond acceptors (Lipinski definition) is 6. The summed E-state index contributed by atoms with van der Waals surface area (Å²) < 4.78 is 2.47. The molecule has 10 nitrogen and oxygen atoms in total. The highest BCUT2D eigenvalue weighted by Crippen LogP contribution is 2.37. The van der Waals surface area contributed by atoms with Gasteiger partial charge in [0.2, 0.25) is 17.8 Å². The van der Waals surface area contributed by atoms with Crippen molar-refractivity contribution < 1.29 is 19.3 Å². The Bertz CT molecular complexity index is 1210. The van der Waals surface area contributed by atoms with Crippen LogP contribution in [0.15, 0.2) is 50.0 Å². The lowest BCUT2D eigenvalue weighted by molar-refractivity contribution is -0.528. The van der Waals surface area contributed by atoms with Crippen molar-refractivity contribution in [2.24, 2.45) is 15.2 Å². The van der Waals surface area contributed by atoms with Gasteiger partial charge in [-0.1, -0.05) is 27.6 Å². The van der Waals surface area contributed by atoms with Gasteiger partial charge in [-0.3, -0.25) is 14.6 Å². The Labute approximate surface area is 180 Å². The Kier molecular flexibility index (Phi) is 4.77. The first-order valence-electron chi connectivity index (χ1n) is 9.02. The molecule has 3 heterocycles. The minimum atomic E-state index is -0.797. The number of amides is 3. The molecule has 1 aromatic carbocycles. The van der Waals surface area contributed by atoms with Gasteiger partial charge in [-0.15, -0.1) is 0 Å². The molecule has 4 rings (SSSR count). The number of hydrogen-bond donors (Lipinski definition) is 2. The fraction of sp³-hybridized carbons (Fsp3) is 0.263. The standard InChI is InChI=1S/C19H18BrN7O3/c1-9(2)8-27-14-15(25(3)19(30)26(4)17(14)29)22-18(27)24-23-13-11-7-10(20)5-6-12(11)21-16(13)28/h5-7,14H,1,8H2,2-4H3,(H,21,23,28)/p+1. The molecule has 1 aromatic heterocycles. The molecule has 1 fully saturated rings. The zero-order chi connectivity index (χ0) is 21.7. The van der Waals surface area contributed by atoms with Crippen molar-refractivity contribution in [3.05, 3.63) is 34.8 Å². The van der Waals surface area contributed by atoms with Crippen LogP contribution in [0.1, 0.15) is 6.92 Å². The maximum atomic E-state index is 12.8. The molecule has 2 N–H and O–H groups in total. The topological polar surface area (TPSA) is 117 Å². The van der Waals surface area contributed by atoms with Gasteiger partial charge in [0, 0.05) is 29.1 Å². The van der Waals surface area contributed by atoms with E-state index in [9.17, 15) is 14.7 Å². The second-order valence-corrected chi connectivity index (χ2v) is 8.12. The van der Waals surface area contributed by atoms with Crippen LogP contribution < -0.4 is 0 Å². The van der Waals surface area contributed by atoms with Gasteiger partial charge in [-0.25, -0.2) is 9.37 Å². The number of guanidine groups is 1. The number of fused-ring (bicyclic) bond motifs is 2. The quantitative estimate of drug-likeness (QED) is 0.406. The number of H-pyrrole nitrogens is 1. The summed E-state index contributed by atoms with van der Waals surface area (Å²) in [6.45, 7) is 6.04. The van der Waals surface area contributed by atoms with E-state index in [2.05, 4.69) is 42.7 Å². The van der Waals surface area contributed by atoms with Crippen molar-refractivity contribution in [2.45, 2.75) is 13.0 Å². The number of benzene rings is 1. The van der Waals surface area contributed by atoms with E-state index >= 15 is 0 Å².